The molecule has 1 aliphatic rings. The molecular weight excluding hydrogens is 456 g/mol. The second-order valence-electron chi connectivity index (χ2n) is 7.07. The third-order valence-corrected chi connectivity index (χ3v) is 8.54. The molecule has 0 bridgehead atoms. The van der Waals surface area contributed by atoms with Crippen molar-refractivity contribution in [3.63, 3.8) is 0 Å². The molecule has 1 aliphatic carbocycles. The third-order valence-electron chi connectivity index (χ3n) is 4.95. The lowest BCUT2D eigenvalue weighted by atomic mass is 10.0. The Hall–Kier alpha value is -3.13. The summed E-state index contributed by atoms with van der Waals surface area (Å²) < 4.78 is 35.1. The van der Waals surface area contributed by atoms with E-state index in [0.717, 1.165) is 13.2 Å². The average molecular weight is 481 g/mol. The van der Waals surface area contributed by atoms with E-state index in [1.165, 1.54) is 26.8 Å². The number of allylic oxidation sites excluding steroid dienone is 3. The summed E-state index contributed by atoms with van der Waals surface area (Å²) in [7, 11) is -3.73. The molecule has 170 valence electrons. The number of hydrogen-bond donors (Lipinski definition) is 0. The van der Waals surface area contributed by atoms with Gasteiger partial charge in [0.15, 0.2) is 19.4 Å². The summed E-state index contributed by atoms with van der Waals surface area (Å²) in [4.78, 5) is 15.3. The fraction of sp³-hybridized carbons (Fsp3) is 0.115. The monoisotopic (exact) mass is 480 g/mol. The number of methoxy groups -OCH3 is 1. The first-order chi connectivity index (χ1) is 15.9. The van der Waals surface area contributed by atoms with Crippen molar-refractivity contribution in [2.75, 3.05) is 7.11 Å². The van der Waals surface area contributed by atoms with Gasteiger partial charge in [-0.15, -0.1) is 0 Å². The van der Waals surface area contributed by atoms with Gasteiger partial charge in [-0.05, 0) is 42.8 Å². The Labute approximate surface area is 197 Å². The van der Waals surface area contributed by atoms with E-state index < -0.39 is 20.8 Å². The molecule has 0 amide bonds. The first kappa shape index (κ1) is 24.5. The molecule has 7 heteroatoms. The first-order valence-electron chi connectivity index (χ1n) is 10.2. The summed E-state index contributed by atoms with van der Waals surface area (Å²) in [5, 5.41) is 0. The van der Waals surface area contributed by atoms with E-state index in [1.807, 2.05) is 0 Å². The molecule has 0 saturated heterocycles. The SMILES string of the molecule is COC(=O)C1(S(=O)(=O)[O-])C=CC=CC1.c1ccc([S+](c2ccccc2)c2ccccc2)cc1. The lowest BCUT2D eigenvalue weighted by Crippen LogP contribution is -2.45. The zero-order chi connectivity index (χ0) is 23.7. The molecule has 0 saturated carbocycles. The summed E-state index contributed by atoms with van der Waals surface area (Å²) in [6.07, 6.45) is 5.22. The topological polar surface area (TPSA) is 83.5 Å². The summed E-state index contributed by atoms with van der Waals surface area (Å²) in [5.74, 6) is -1.05. The minimum Gasteiger partial charge on any atom is -0.747 e. The van der Waals surface area contributed by atoms with Crippen LogP contribution < -0.4 is 0 Å². The van der Waals surface area contributed by atoms with E-state index in [2.05, 4.69) is 95.7 Å². The summed E-state index contributed by atoms with van der Waals surface area (Å²) in [6.45, 7) is 0. The molecule has 0 N–H and O–H groups in total. The van der Waals surface area contributed by atoms with Gasteiger partial charge in [0.05, 0.1) is 18.0 Å². The molecule has 0 heterocycles. The molecule has 0 radical (unpaired) electrons. The largest absolute Gasteiger partial charge is 0.747 e. The first-order valence-corrected chi connectivity index (χ1v) is 12.8. The van der Waals surface area contributed by atoms with Gasteiger partial charge in [0.2, 0.25) is 0 Å². The maximum atomic E-state index is 11.2. The fourth-order valence-corrected chi connectivity index (χ4v) is 6.23. The van der Waals surface area contributed by atoms with Crippen molar-refractivity contribution >= 4 is 27.0 Å². The molecule has 1 atom stereocenters. The lowest BCUT2D eigenvalue weighted by molar-refractivity contribution is -0.142. The van der Waals surface area contributed by atoms with Crippen molar-refractivity contribution in [2.24, 2.45) is 0 Å². The standard InChI is InChI=1S/C18H15S.C8H10O5S/c1-4-10-16(11-5-1)19(17-12-6-2-7-13-17)18-14-8-3-9-15-18;1-13-7(9)8(14(10,11)12)5-3-2-4-6-8/h1-15H;2-5H,6H2,1H3,(H,10,11,12)/q+1;/p-1. The van der Waals surface area contributed by atoms with Crippen molar-refractivity contribution in [1.82, 2.24) is 0 Å². The quantitative estimate of drug-likeness (QED) is 0.299. The molecule has 3 aromatic carbocycles. The number of rotatable bonds is 5. The fourth-order valence-electron chi connectivity index (χ4n) is 3.29. The highest BCUT2D eigenvalue weighted by atomic mass is 32.2. The van der Waals surface area contributed by atoms with Crippen LogP contribution in [0.2, 0.25) is 0 Å². The minimum atomic E-state index is -4.76. The highest BCUT2D eigenvalue weighted by molar-refractivity contribution is 7.97. The van der Waals surface area contributed by atoms with Crippen molar-refractivity contribution in [3.05, 3.63) is 115 Å². The molecular formula is C26H24O5S2. The third kappa shape index (κ3) is 5.82. The number of benzene rings is 3. The van der Waals surface area contributed by atoms with Gasteiger partial charge in [0, 0.05) is 0 Å². The van der Waals surface area contributed by atoms with Gasteiger partial charge in [0.25, 0.3) is 0 Å². The van der Waals surface area contributed by atoms with Crippen LogP contribution in [0, 0.1) is 0 Å². The number of ether oxygens (including phenoxy) is 1. The molecule has 1 unspecified atom stereocenters. The lowest BCUT2D eigenvalue weighted by Gasteiger charge is -2.30. The van der Waals surface area contributed by atoms with Crippen LogP contribution in [-0.4, -0.2) is 30.8 Å². The zero-order valence-electron chi connectivity index (χ0n) is 18.0. The van der Waals surface area contributed by atoms with Crippen molar-refractivity contribution in [2.45, 2.75) is 25.9 Å². The Morgan fingerprint density at radius 1 is 0.818 bits per heavy atom. The molecule has 33 heavy (non-hydrogen) atoms. The van der Waals surface area contributed by atoms with E-state index in [-0.39, 0.29) is 17.3 Å². The van der Waals surface area contributed by atoms with Crippen LogP contribution in [0.3, 0.4) is 0 Å². The van der Waals surface area contributed by atoms with Crippen LogP contribution in [0.5, 0.6) is 0 Å². The second kappa shape index (κ2) is 11.1. The predicted molar refractivity (Wildman–Crippen MR) is 129 cm³/mol. The van der Waals surface area contributed by atoms with E-state index in [0.29, 0.717) is 0 Å². The van der Waals surface area contributed by atoms with Gasteiger partial charge < -0.3 is 9.29 Å². The molecule has 0 aliphatic heterocycles. The number of esters is 1. The Balaban J connectivity index is 0.000000196. The highest BCUT2D eigenvalue weighted by Crippen LogP contribution is 2.30. The van der Waals surface area contributed by atoms with Crippen molar-refractivity contribution in [1.29, 1.82) is 0 Å². The Kier molecular flexibility index (Phi) is 8.27. The molecule has 3 aromatic rings. The Morgan fingerprint density at radius 3 is 1.55 bits per heavy atom. The Morgan fingerprint density at radius 2 is 1.24 bits per heavy atom. The van der Waals surface area contributed by atoms with Crippen molar-refractivity contribution < 1.29 is 22.5 Å². The van der Waals surface area contributed by atoms with Gasteiger partial charge in [-0.1, -0.05) is 78.9 Å². The molecule has 0 spiro atoms. The van der Waals surface area contributed by atoms with Crippen molar-refractivity contribution in [3.8, 4) is 0 Å². The van der Waals surface area contributed by atoms with Crippen LogP contribution >= 0.6 is 0 Å². The zero-order valence-corrected chi connectivity index (χ0v) is 19.7. The summed E-state index contributed by atoms with van der Waals surface area (Å²) in [6, 6.07) is 32.2. The molecule has 4 rings (SSSR count). The van der Waals surface area contributed by atoms with Gasteiger partial charge in [-0.25, -0.2) is 8.42 Å². The average Bonchev–Trinajstić information content (AvgIpc) is 2.86. The smallest absolute Gasteiger partial charge is 0.330 e. The summed E-state index contributed by atoms with van der Waals surface area (Å²) in [5.41, 5.74) is 0. The van der Waals surface area contributed by atoms with Crippen LogP contribution in [0.4, 0.5) is 0 Å². The van der Waals surface area contributed by atoms with Gasteiger partial charge >= 0.3 is 5.97 Å². The number of carbonyl (C=O) groups excluding carboxylic acids is 1. The van der Waals surface area contributed by atoms with E-state index in [9.17, 15) is 17.8 Å². The van der Waals surface area contributed by atoms with Crippen LogP contribution in [0.25, 0.3) is 0 Å². The van der Waals surface area contributed by atoms with Gasteiger partial charge in [-0.3, -0.25) is 4.79 Å². The number of hydrogen-bond acceptors (Lipinski definition) is 5. The Bertz CT molecular complexity index is 1110. The van der Waals surface area contributed by atoms with Crippen LogP contribution in [0.1, 0.15) is 6.42 Å². The van der Waals surface area contributed by atoms with E-state index in [4.69, 9.17) is 0 Å². The maximum absolute atomic E-state index is 11.2. The van der Waals surface area contributed by atoms with E-state index >= 15 is 0 Å². The molecule has 0 aromatic heterocycles. The highest BCUT2D eigenvalue weighted by Gasteiger charge is 2.43. The molecule has 5 nitrogen and oxygen atoms in total. The van der Waals surface area contributed by atoms with Gasteiger partial charge in [0.1, 0.15) is 10.1 Å². The van der Waals surface area contributed by atoms with E-state index in [1.54, 1.807) is 6.08 Å². The predicted octanol–water partition coefficient (Wildman–Crippen LogP) is 4.74. The number of carbonyl (C=O) groups is 1. The maximum Gasteiger partial charge on any atom is 0.330 e. The van der Waals surface area contributed by atoms with Crippen LogP contribution in [-0.2, 0) is 30.5 Å². The summed E-state index contributed by atoms with van der Waals surface area (Å²) >= 11 is 0. The second-order valence-corrected chi connectivity index (χ2v) is 10.7. The van der Waals surface area contributed by atoms with Crippen LogP contribution in [0.15, 0.2) is 130 Å². The minimum absolute atomic E-state index is 0.0146. The normalized spacial score (nSPS) is 17.2. The van der Waals surface area contributed by atoms with Gasteiger partial charge in [-0.2, -0.15) is 0 Å². The molecule has 0 fully saturated rings.